The number of carbonyl (C=O) groups excluding carboxylic acids is 1. The Morgan fingerprint density at radius 2 is 1.80 bits per heavy atom. The molecule has 0 fully saturated rings. The van der Waals surface area contributed by atoms with Crippen molar-refractivity contribution in [1.29, 1.82) is 0 Å². The highest BCUT2D eigenvalue weighted by molar-refractivity contribution is 7.99. The molecule has 0 saturated heterocycles. The summed E-state index contributed by atoms with van der Waals surface area (Å²) < 4.78 is 22.5. The van der Waals surface area contributed by atoms with E-state index in [-0.39, 0.29) is 22.1 Å². The highest BCUT2D eigenvalue weighted by Crippen LogP contribution is 2.16. The van der Waals surface area contributed by atoms with E-state index in [4.69, 9.17) is 5.14 Å². The van der Waals surface area contributed by atoms with Crippen LogP contribution in [-0.2, 0) is 21.2 Å². The van der Waals surface area contributed by atoms with Crippen LogP contribution in [0.5, 0.6) is 0 Å². The highest BCUT2D eigenvalue weighted by atomic mass is 32.2. The number of rotatable bonds is 7. The molecule has 8 nitrogen and oxygen atoms in total. The Kier molecular flexibility index (Phi) is 6.70. The maximum atomic E-state index is 12.4. The van der Waals surface area contributed by atoms with E-state index in [9.17, 15) is 18.0 Å². The van der Waals surface area contributed by atoms with Crippen molar-refractivity contribution in [2.24, 2.45) is 5.14 Å². The number of aryl methyl sites for hydroxylation is 1. The third kappa shape index (κ3) is 5.78. The Hall–Kier alpha value is -2.95. The summed E-state index contributed by atoms with van der Waals surface area (Å²) in [4.78, 5) is 31.7. The number of primary sulfonamides is 1. The van der Waals surface area contributed by atoms with Crippen LogP contribution in [0.1, 0.15) is 16.8 Å². The summed E-state index contributed by atoms with van der Waals surface area (Å²) in [5.74, 6) is -0.297. The number of hydrogen-bond acceptors (Lipinski definition) is 6. The lowest BCUT2D eigenvalue weighted by Gasteiger charge is -2.08. The lowest BCUT2D eigenvalue weighted by Crippen LogP contribution is -2.19. The first-order chi connectivity index (χ1) is 14.2. The van der Waals surface area contributed by atoms with Crippen LogP contribution in [0.15, 0.2) is 69.4 Å². The van der Waals surface area contributed by atoms with Gasteiger partial charge in [0.2, 0.25) is 15.9 Å². The fraction of sp³-hybridized carbons (Fsp3) is 0.150. The molecule has 0 saturated carbocycles. The van der Waals surface area contributed by atoms with Gasteiger partial charge in [0, 0.05) is 23.4 Å². The van der Waals surface area contributed by atoms with Gasteiger partial charge < -0.3 is 10.3 Å². The second-order valence-corrected chi connectivity index (χ2v) is 9.03. The molecule has 0 aliphatic carbocycles. The number of amides is 1. The van der Waals surface area contributed by atoms with Crippen molar-refractivity contribution < 1.29 is 13.2 Å². The van der Waals surface area contributed by atoms with Crippen LogP contribution in [0.2, 0.25) is 0 Å². The smallest absolute Gasteiger partial charge is 0.255 e. The second kappa shape index (κ2) is 9.24. The SMILES string of the molecule is Cc1nc(SCC(=O)Nc2ccc(S(N)(=O)=O)cc2)[nH]c(=O)c1Cc1ccccc1. The second-order valence-electron chi connectivity index (χ2n) is 6.50. The monoisotopic (exact) mass is 444 g/mol. The maximum Gasteiger partial charge on any atom is 0.255 e. The van der Waals surface area contributed by atoms with Crippen molar-refractivity contribution in [3.63, 3.8) is 0 Å². The molecule has 4 N–H and O–H groups in total. The van der Waals surface area contributed by atoms with Crippen LogP contribution in [0, 0.1) is 6.92 Å². The van der Waals surface area contributed by atoms with Gasteiger partial charge in [0.05, 0.1) is 10.6 Å². The number of nitrogens with two attached hydrogens (primary N) is 1. The van der Waals surface area contributed by atoms with Gasteiger partial charge >= 0.3 is 0 Å². The number of anilines is 1. The number of thioether (sulfide) groups is 1. The molecule has 0 unspecified atom stereocenters. The summed E-state index contributed by atoms with van der Waals surface area (Å²) in [6.07, 6.45) is 0.481. The highest BCUT2D eigenvalue weighted by Gasteiger charge is 2.12. The van der Waals surface area contributed by atoms with Gasteiger partial charge in [-0.05, 0) is 36.8 Å². The number of nitrogens with one attached hydrogen (secondary N) is 2. The summed E-state index contributed by atoms with van der Waals surface area (Å²) in [5, 5.41) is 8.05. The number of benzene rings is 2. The average molecular weight is 445 g/mol. The standard InChI is InChI=1S/C20H20N4O4S2/c1-13-17(11-14-5-3-2-4-6-14)19(26)24-20(22-13)29-12-18(25)23-15-7-9-16(10-8-15)30(21,27)28/h2-10H,11-12H2,1H3,(H,23,25)(H2,21,27,28)(H,22,24,26). The quantitative estimate of drug-likeness (QED) is 0.377. The summed E-state index contributed by atoms with van der Waals surface area (Å²) >= 11 is 1.10. The van der Waals surface area contributed by atoms with Gasteiger partial charge in [-0.3, -0.25) is 9.59 Å². The molecule has 1 amide bonds. The minimum atomic E-state index is -3.78. The van der Waals surface area contributed by atoms with E-state index in [1.807, 2.05) is 30.3 Å². The van der Waals surface area contributed by atoms with Crippen LogP contribution in [0.4, 0.5) is 5.69 Å². The molecular weight excluding hydrogens is 424 g/mol. The van der Waals surface area contributed by atoms with Gasteiger partial charge in [-0.2, -0.15) is 0 Å². The molecule has 0 aliphatic rings. The fourth-order valence-corrected chi connectivity index (χ4v) is 3.94. The molecule has 2 aromatic carbocycles. The van der Waals surface area contributed by atoms with Crippen LogP contribution in [-0.4, -0.2) is 30.0 Å². The van der Waals surface area contributed by atoms with Crippen LogP contribution >= 0.6 is 11.8 Å². The zero-order valence-corrected chi connectivity index (χ0v) is 17.7. The number of carbonyl (C=O) groups is 1. The minimum Gasteiger partial charge on any atom is -0.325 e. The zero-order valence-electron chi connectivity index (χ0n) is 16.1. The van der Waals surface area contributed by atoms with Crippen molar-refractivity contribution in [2.45, 2.75) is 23.4 Å². The Balaban J connectivity index is 1.61. The number of sulfonamides is 1. The molecule has 3 rings (SSSR count). The van der Waals surface area contributed by atoms with E-state index in [1.165, 1.54) is 24.3 Å². The summed E-state index contributed by atoms with van der Waals surface area (Å²) in [6, 6.07) is 15.2. The first-order valence-corrected chi connectivity index (χ1v) is 11.4. The molecule has 0 aliphatic heterocycles. The van der Waals surface area contributed by atoms with Crippen molar-refractivity contribution >= 4 is 33.4 Å². The van der Waals surface area contributed by atoms with E-state index >= 15 is 0 Å². The minimum absolute atomic E-state index is 0.0251. The van der Waals surface area contributed by atoms with Crippen molar-refractivity contribution in [1.82, 2.24) is 9.97 Å². The Labute approximate surface area is 178 Å². The number of H-pyrrole nitrogens is 1. The number of nitrogens with zero attached hydrogens (tertiary/aromatic N) is 1. The predicted molar refractivity (Wildman–Crippen MR) is 116 cm³/mol. The summed E-state index contributed by atoms with van der Waals surface area (Å²) in [7, 11) is -3.78. The van der Waals surface area contributed by atoms with Gasteiger partial charge in [-0.1, -0.05) is 42.1 Å². The lowest BCUT2D eigenvalue weighted by atomic mass is 10.1. The Bertz CT molecular complexity index is 1210. The fourth-order valence-electron chi connectivity index (χ4n) is 2.72. The number of aromatic nitrogens is 2. The molecule has 1 aromatic heterocycles. The molecule has 0 radical (unpaired) electrons. The first kappa shape index (κ1) is 21.8. The van der Waals surface area contributed by atoms with Crippen LogP contribution in [0.3, 0.4) is 0 Å². The summed E-state index contributed by atoms with van der Waals surface area (Å²) in [6.45, 7) is 1.77. The Morgan fingerprint density at radius 1 is 1.13 bits per heavy atom. The van der Waals surface area contributed by atoms with E-state index in [0.29, 0.717) is 28.5 Å². The average Bonchev–Trinajstić information content (AvgIpc) is 2.70. The van der Waals surface area contributed by atoms with Crippen LogP contribution in [0.25, 0.3) is 0 Å². The van der Waals surface area contributed by atoms with E-state index in [1.54, 1.807) is 6.92 Å². The Morgan fingerprint density at radius 3 is 2.40 bits per heavy atom. The van der Waals surface area contributed by atoms with Gasteiger partial charge in [0.25, 0.3) is 5.56 Å². The van der Waals surface area contributed by atoms with Gasteiger partial charge in [-0.15, -0.1) is 0 Å². The molecule has 0 atom stereocenters. The first-order valence-electron chi connectivity index (χ1n) is 8.91. The predicted octanol–water partition coefficient (Wildman–Crippen LogP) is 2.05. The zero-order chi connectivity index (χ0) is 21.7. The molecular formula is C20H20N4O4S2. The maximum absolute atomic E-state index is 12.4. The normalized spacial score (nSPS) is 11.3. The molecule has 3 aromatic rings. The molecule has 0 spiro atoms. The molecule has 30 heavy (non-hydrogen) atoms. The van der Waals surface area contributed by atoms with Crippen molar-refractivity contribution in [3.8, 4) is 0 Å². The van der Waals surface area contributed by atoms with Crippen molar-refractivity contribution in [2.75, 3.05) is 11.1 Å². The van der Waals surface area contributed by atoms with Gasteiger partial charge in [-0.25, -0.2) is 18.5 Å². The molecule has 10 heteroatoms. The topological polar surface area (TPSA) is 135 Å². The number of aromatic amines is 1. The largest absolute Gasteiger partial charge is 0.325 e. The van der Waals surface area contributed by atoms with E-state index in [2.05, 4.69) is 15.3 Å². The number of hydrogen-bond donors (Lipinski definition) is 3. The molecule has 156 valence electrons. The van der Waals surface area contributed by atoms with Crippen molar-refractivity contribution in [3.05, 3.63) is 81.8 Å². The van der Waals surface area contributed by atoms with Gasteiger partial charge in [0.1, 0.15) is 0 Å². The molecule has 1 heterocycles. The van der Waals surface area contributed by atoms with Crippen LogP contribution < -0.4 is 16.0 Å². The third-order valence-electron chi connectivity index (χ3n) is 4.23. The molecule has 0 bridgehead atoms. The lowest BCUT2D eigenvalue weighted by molar-refractivity contribution is -0.113. The third-order valence-corrected chi connectivity index (χ3v) is 6.03. The van der Waals surface area contributed by atoms with Gasteiger partial charge in [0.15, 0.2) is 5.16 Å². The summed E-state index contributed by atoms with van der Waals surface area (Å²) in [5.41, 5.74) is 2.42. The van der Waals surface area contributed by atoms with E-state index in [0.717, 1.165) is 17.3 Å². The van der Waals surface area contributed by atoms with E-state index < -0.39 is 10.0 Å².